The van der Waals surface area contributed by atoms with E-state index in [1.807, 2.05) is 22.9 Å². The lowest BCUT2D eigenvalue weighted by Gasteiger charge is -2.23. The van der Waals surface area contributed by atoms with Crippen LogP contribution in [0.4, 0.5) is 5.13 Å². The van der Waals surface area contributed by atoms with Gasteiger partial charge in [0.05, 0.1) is 6.26 Å². The van der Waals surface area contributed by atoms with Crippen LogP contribution in [0.1, 0.15) is 53.0 Å². The summed E-state index contributed by atoms with van der Waals surface area (Å²) in [4.78, 5) is 19.7. The number of carbonyl (C=O) groups excluding carboxylic acids is 1. The summed E-state index contributed by atoms with van der Waals surface area (Å²) in [6.07, 6.45) is 7.29. The van der Waals surface area contributed by atoms with Crippen LogP contribution in [0.2, 0.25) is 0 Å². The van der Waals surface area contributed by atoms with E-state index in [1.165, 1.54) is 42.6 Å². The van der Waals surface area contributed by atoms with Gasteiger partial charge in [0.1, 0.15) is 5.69 Å². The van der Waals surface area contributed by atoms with E-state index in [2.05, 4.69) is 22.0 Å². The normalized spacial score (nSPS) is 14.9. The lowest BCUT2D eigenvalue weighted by Crippen LogP contribution is -2.30. The second-order valence-corrected chi connectivity index (χ2v) is 10.4. The maximum absolute atomic E-state index is 12.3. The standard InChI is InChI=1S/C20H27N3O3S2/c1-15-18(19(24)22-28(2,25)26)21-20(27-15)23(13-12-16-8-6-7-9-16)14-17-10-4-3-5-11-17/h3-5,10-11,16H,6-9,12-14H2,1-2H3,(H,22,24). The molecule has 6 nitrogen and oxygen atoms in total. The van der Waals surface area contributed by atoms with E-state index >= 15 is 0 Å². The van der Waals surface area contributed by atoms with Crippen LogP contribution in [0.25, 0.3) is 0 Å². The van der Waals surface area contributed by atoms with Crippen LogP contribution in [0, 0.1) is 12.8 Å². The van der Waals surface area contributed by atoms with Crippen molar-refractivity contribution in [3.05, 3.63) is 46.5 Å². The molecule has 1 amide bonds. The molecule has 1 N–H and O–H groups in total. The predicted molar refractivity (Wildman–Crippen MR) is 113 cm³/mol. The average molecular weight is 422 g/mol. The average Bonchev–Trinajstić information content (AvgIpc) is 3.27. The highest BCUT2D eigenvalue weighted by Crippen LogP contribution is 2.31. The second-order valence-electron chi connectivity index (χ2n) is 7.45. The summed E-state index contributed by atoms with van der Waals surface area (Å²) < 4.78 is 24.8. The molecule has 1 aromatic heterocycles. The summed E-state index contributed by atoms with van der Waals surface area (Å²) in [7, 11) is -3.62. The highest BCUT2D eigenvalue weighted by Gasteiger charge is 2.22. The number of aromatic nitrogens is 1. The summed E-state index contributed by atoms with van der Waals surface area (Å²) in [5, 5.41) is 0.762. The van der Waals surface area contributed by atoms with E-state index in [0.29, 0.717) is 6.54 Å². The topological polar surface area (TPSA) is 79.4 Å². The van der Waals surface area contributed by atoms with Crippen molar-refractivity contribution in [2.75, 3.05) is 17.7 Å². The van der Waals surface area contributed by atoms with Crippen LogP contribution in [0.15, 0.2) is 30.3 Å². The lowest BCUT2D eigenvalue weighted by atomic mass is 10.0. The Hall–Kier alpha value is -1.93. The van der Waals surface area contributed by atoms with Gasteiger partial charge >= 0.3 is 0 Å². The lowest BCUT2D eigenvalue weighted by molar-refractivity contribution is 0.0977. The van der Waals surface area contributed by atoms with Crippen LogP contribution in [-0.4, -0.2) is 32.1 Å². The molecule has 1 aromatic carbocycles. The molecule has 0 atom stereocenters. The van der Waals surface area contributed by atoms with Crippen LogP contribution < -0.4 is 9.62 Å². The Labute approximate surface area is 171 Å². The summed E-state index contributed by atoms with van der Waals surface area (Å²) >= 11 is 1.44. The number of rotatable bonds is 8. The quantitative estimate of drug-likeness (QED) is 0.703. The van der Waals surface area contributed by atoms with Gasteiger partial charge in [-0.3, -0.25) is 4.79 Å². The van der Waals surface area contributed by atoms with Gasteiger partial charge in [-0.25, -0.2) is 18.1 Å². The first kappa shape index (κ1) is 20.8. The summed E-state index contributed by atoms with van der Waals surface area (Å²) in [6.45, 7) is 3.39. The Bertz CT molecular complexity index is 904. The van der Waals surface area contributed by atoms with Crippen molar-refractivity contribution in [2.45, 2.75) is 45.6 Å². The first-order valence-electron chi connectivity index (χ1n) is 9.60. The van der Waals surface area contributed by atoms with E-state index in [0.717, 1.165) is 35.1 Å². The van der Waals surface area contributed by atoms with E-state index in [4.69, 9.17) is 0 Å². The van der Waals surface area contributed by atoms with Crippen molar-refractivity contribution in [2.24, 2.45) is 5.92 Å². The number of hydrogen-bond acceptors (Lipinski definition) is 6. The van der Waals surface area contributed by atoms with Gasteiger partial charge < -0.3 is 4.90 Å². The molecule has 28 heavy (non-hydrogen) atoms. The minimum atomic E-state index is -3.62. The smallest absolute Gasteiger partial charge is 0.284 e. The molecule has 152 valence electrons. The Morgan fingerprint density at radius 2 is 1.93 bits per heavy atom. The molecule has 1 heterocycles. The van der Waals surface area contributed by atoms with Gasteiger partial charge in [-0.15, -0.1) is 11.3 Å². The Balaban J connectivity index is 1.80. The van der Waals surface area contributed by atoms with Gasteiger partial charge in [0, 0.05) is 18.0 Å². The number of nitrogens with zero attached hydrogens (tertiary/aromatic N) is 2. The van der Waals surface area contributed by atoms with Gasteiger partial charge in [-0.1, -0.05) is 56.0 Å². The summed E-state index contributed by atoms with van der Waals surface area (Å²) in [5.74, 6) is 0.0882. The second kappa shape index (κ2) is 9.05. The molecular weight excluding hydrogens is 394 g/mol. The maximum Gasteiger partial charge on any atom is 0.284 e. The minimum Gasteiger partial charge on any atom is -0.344 e. The molecule has 1 aliphatic rings. The van der Waals surface area contributed by atoms with E-state index < -0.39 is 15.9 Å². The number of anilines is 1. The van der Waals surface area contributed by atoms with E-state index in [-0.39, 0.29) is 5.69 Å². The first-order valence-corrected chi connectivity index (χ1v) is 12.3. The number of amides is 1. The van der Waals surface area contributed by atoms with Crippen molar-refractivity contribution in [3.8, 4) is 0 Å². The van der Waals surface area contributed by atoms with Gasteiger partial charge in [0.2, 0.25) is 10.0 Å². The van der Waals surface area contributed by atoms with Crippen LogP contribution >= 0.6 is 11.3 Å². The molecule has 0 radical (unpaired) electrons. The van der Waals surface area contributed by atoms with Crippen molar-refractivity contribution < 1.29 is 13.2 Å². The van der Waals surface area contributed by atoms with Gasteiger partial charge in [-0.2, -0.15) is 0 Å². The fourth-order valence-electron chi connectivity index (χ4n) is 3.63. The van der Waals surface area contributed by atoms with Crippen LogP contribution in [0.5, 0.6) is 0 Å². The molecule has 1 aliphatic carbocycles. The van der Waals surface area contributed by atoms with Crippen molar-refractivity contribution in [1.29, 1.82) is 0 Å². The third-order valence-corrected chi connectivity index (χ3v) is 6.64. The van der Waals surface area contributed by atoms with E-state index in [1.54, 1.807) is 6.92 Å². The van der Waals surface area contributed by atoms with Gasteiger partial charge in [-0.05, 0) is 24.8 Å². The van der Waals surface area contributed by atoms with Crippen LogP contribution in [-0.2, 0) is 16.6 Å². The number of aryl methyl sites for hydroxylation is 1. The summed E-state index contributed by atoms with van der Waals surface area (Å²) in [6, 6.07) is 10.2. The van der Waals surface area contributed by atoms with Crippen molar-refractivity contribution in [1.82, 2.24) is 9.71 Å². The summed E-state index contributed by atoms with van der Waals surface area (Å²) in [5.41, 5.74) is 1.37. The van der Waals surface area contributed by atoms with Crippen molar-refractivity contribution >= 4 is 32.4 Å². The molecule has 1 saturated carbocycles. The molecule has 8 heteroatoms. The molecular formula is C20H27N3O3S2. The molecule has 0 aliphatic heterocycles. The molecule has 2 aromatic rings. The zero-order valence-electron chi connectivity index (χ0n) is 16.3. The van der Waals surface area contributed by atoms with Crippen LogP contribution in [0.3, 0.4) is 0 Å². The van der Waals surface area contributed by atoms with E-state index in [9.17, 15) is 13.2 Å². The Morgan fingerprint density at radius 3 is 2.57 bits per heavy atom. The zero-order chi connectivity index (χ0) is 20.1. The fraction of sp³-hybridized carbons (Fsp3) is 0.500. The number of benzene rings is 1. The maximum atomic E-state index is 12.3. The minimum absolute atomic E-state index is 0.185. The van der Waals surface area contributed by atoms with Crippen molar-refractivity contribution in [3.63, 3.8) is 0 Å². The number of hydrogen-bond donors (Lipinski definition) is 1. The van der Waals surface area contributed by atoms with Gasteiger partial charge in [0.15, 0.2) is 5.13 Å². The number of thiazole rings is 1. The third kappa shape index (κ3) is 5.78. The number of nitrogens with one attached hydrogen (secondary N) is 1. The highest BCUT2D eigenvalue weighted by molar-refractivity contribution is 7.89. The Morgan fingerprint density at radius 1 is 1.25 bits per heavy atom. The molecule has 0 saturated heterocycles. The molecule has 3 rings (SSSR count). The molecule has 0 unspecified atom stereocenters. The monoisotopic (exact) mass is 421 g/mol. The fourth-order valence-corrected chi connectivity index (χ4v) is 4.99. The Kier molecular flexibility index (Phi) is 6.72. The first-order chi connectivity index (χ1) is 13.3. The molecule has 0 spiro atoms. The number of sulfonamides is 1. The predicted octanol–water partition coefficient (Wildman–Crippen LogP) is 3.73. The largest absolute Gasteiger partial charge is 0.344 e. The number of carbonyl (C=O) groups is 1. The zero-order valence-corrected chi connectivity index (χ0v) is 18.0. The molecule has 1 fully saturated rings. The van der Waals surface area contributed by atoms with Gasteiger partial charge in [0.25, 0.3) is 5.91 Å². The SMILES string of the molecule is Cc1sc(N(CCC2CCCC2)Cc2ccccc2)nc1C(=O)NS(C)(=O)=O. The highest BCUT2D eigenvalue weighted by atomic mass is 32.2. The third-order valence-electron chi connectivity index (χ3n) is 5.05. The molecule has 0 bridgehead atoms.